The molecule has 2 N–H and O–H groups in total. The standard InChI is InChI=1S/C3H7.2C2H5.H2O.Sn/c1-3-2;2*1-2;;/h1,3H2,2H3;2*1H2,2H3;1H2;. The van der Waals surface area contributed by atoms with Gasteiger partial charge >= 0.3 is 60.3 Å². The van der Waals surface area contributed by atoms with E-state index in [2.05, 4.69) is 20.8 Å². The monoisotopic (exact) mass is 239 g/mol. The second-order valence-corrected chi connectivity index (χ2v) is 12.0. The molecule has 0 aliphatic rings. The Balaban J connectivity index is 0. The first-order chi connectivity index (χ1) is 3.85. The predicted octanol–water partition coefficient (Wildman–Crippen LogP) is 2.11. The van der Waals surface area contributed by atoms with Crippen molar-refractivity contribution in [1.82, 2.24) is 0 Å². The molecule has 0 aliphatic heterocycles. The number of hydrogen-bond acceptors (Lipinski definition) is 0. The van der Waals surface area contributed by atoms with Gasteiger partial charge in [0, 0.05) is 0 Å². The SMILES string of the molecule is CC[CH2][Sn]([CH2]C)[CH2]C.O. The van der Waals surface area contributed by atoms with E-state index in [1.807, 2.05) is 0 Å². The van der Waals surface area contributed by atoms with Gasteiger partial charge in [0.2, 0.25) is 0 Å². The molecule has 0 saturated heterocycles. The molecule has 2 heteroatoms. The van der Waals surface area contributed by atoms with Crippen molar-refractivity contribution < 1.29 is 5.48 Å². The Bertz CT molecular complexity index is 44.2. The summed E-state index contributed by atoms with van der Waals surface area (Å²) >= 11 is -0.688. The summed E-state index contributed by atoms with van der Waals surface area (Å²) in [5.41, 5.74) is 0. The fourth-order valence-electron chi connectivity index (χ4n) is 0.957. The maximum atomic E-state index is 2.37. The Hall–Kier alpha value is 0.759. The van der Waals surface area contributed by atoms with Crippen molar-refractivity contribution in [2.24, 2.45) is 0 Å². The molecule has 57 valence electrons. The van der Waals surface area contributed by atoms with Gasteiger partial charge in [-0.05, 0) is 0 Å². The summed E-state index contributed by atoms with van der Waals surface area (Å²) in [5.74, 6) is 0. The molecule has 0 bridgehead atoms. The molecule has 9 heavy (non-hydrogen) atoms. The van der Waals surface area contributed by atoms with Gasteiger partial charge in [0.1, 0.15) is 0 Å². The number of rotatable bonds is 4. The molecule has 0 fully saturated rings. The van der Waals surface area contributed by atoms with Crippen LogP contribution in [-0.2, 0) is 0 Å². The number of hydrogen-bond donors (Lipinski definition) is 0. The summed E-state index contributed by atoms with van der Waals surface area (Å²) in [6, 6.07) is 0. The van der Waals surface area contributed by atoms with Gasteiger partial charge in [0.15, 0.2) is 0 Å². The predicted molar refractivity (Wildman–Crippen MR) is 45.4 cm³/mol. The Morgan fingerprint density at radius 3 is 1.56 bits per heavy atom. The van der Waals surface area contributed by atoms with Gasteiger partial charge in [-0.3, -0.25) is 0 Å². The summed E-state index contributed by atoms with van der Waals surface area (Å²) in [7, 11) is 0. The van der Waals surface area contributed by atoms with Crippen molar-refractivity contribution in [1.29, 1.82) is 0 Å². The molecular formula is C7H19OSn. The minimum atomic E-state index is -0.688. The first-order valence-corrected chi connectivity index (χ1v) is 9.74. The smallest absolute Gasteiger partial charge is 0.412 e. The van der Waals surface area contributed by atoms with Crippen LogP contribution in [0.25, 0.3) is 0 Å². The molecule has 0 rings (SSSR count). The second-order valence-electron chi connectivity index (χ2n) is 2.21. The van der Waals surface area contributed by atoms with Crippen LogP contribution in [0.15, 0.2) is 0 Å². The third kappa shape index (κ3) is 6.65. The molecule has 1 nitrogen and oxygen atoms in total. The summed E-state index contributed by atoms with van der Waals surface area (Å²) < 4.78 is 4.74. The average Bonchev–Trinajstić information content (AvgIpc) is 1.83. The summed E-state index contributed by atoms with van der Waals surface area (Å²) in [6.07, 6.45) is 1.44. The van der Waals surface area contributed by atoms with Crippen LogP contribution in [0.3, 0.4) is 0 Å². The maximum Gasteiger partial charge on any atom is -0.412 e. The minimum Gasteiger partial charge on any atom is -0.412 e. The molecule has 0 aromatic carbocycles. The van der Waals surface area contributed by atoms with E-state index in [-0.39, 0.29) is 5.48 Å². The van der Waals surface area contributed by atoms with E-state index in [4.69, 9.17) is 0 Å². The van der Waals surface area contributed by atoms with Crippen LogP contribution in [0.2, 0.25) is 13.3 Å². The second kappa shape index (κ2) is 8.76. The molecule has 0 unspecified atom stereocenters. The van der Waals surface area contributed by atoms with E-state index >= 15 is 0 Å². The van der Waals surface area contributed by atoms with Crippen molar-refractivity contribution in [3.63, 3.8) is 0 Å². The summed E-state index contributed by atoms with van der Waals surface area (Å²) in [5, 5.41) is 0. The normalized spacial score (nSPS) is 9.33. The first-order valence-electron chi connectivity index (χ1n) is 3.68. The Labute approximate surface area is 65.9 Å². The van der Waals surface area contributed by atoms with Crippen LogP contribution in [0, 0.1) is 0 Å². The van der Waals surface area contributed by atoms with E-state index < -0.39 is 19.8 Å². The van der Waals surface area contributed by atoms with Crippen molar-refractivity contribution >= 4 is 19.8 Å². The van der Waals surface area contributed by atoms with E-state index in [0.717, 1.165) is 0 Å². The third-order valence-corrected chi connectivity index (χ3v) is 10.8. The summed E-state index contributed by atoms with van der Waals surface area (Å²) in [6.45, 7) is 7.05. The fourth-order valence-corrected chi connectivity index (χ4v) is 6.42. The van der Waals surface area contributed by atoms with Crippen LogP contribution in [0.1, 0.15) is 27.2 Å². The van der Waals surface area contributed by atoms with E-state index in [9.17, 15) is 0 Å². The molecule has 0 atom stereocenters. The van der Waals surface area contributed by atoms with Gasteiger partial charge in [-0.2, -0.15) is 0 Å². The van der Waals surface area contributed by atoms with Crippen molar-refractivity contribution in [3.05, 3.63) is 0 Å². The zero-order valence-corrected chi connectivity index (χ0v) is 9.68. The zero-order chi connectivity index (χ0) is 6.41. The van der Waals surface area contributed by atoms with E-state index in [0.29, 0.717) is 0 Å². The van der Waals surface area contributed by atoms with Gasteiger partial charge in [-0.15, -0.1) is 0 Å². The van der Waals surface area contributed by atoms with Gasteiger partial charge in [-0.1, -0.05) is 0 Å². The van der Waals surface area contributed by atoms with Gasteiger partial charge < -0.3 is 5.48 Å². The van der Waals surface area contributed by atoms with Crippen LogP contribution >= 0.6 is 0 Å². The maximum absolute atomic E-state index is 2.37. The Kier molecular flexibility index (Phi) is 12.1. The van der Waals surface area contributed by atoms with Crippen molar-refractivity contribution in [2.45, 2.75) is 40.5 Å². The quantitative estimate of drug-likeness (QED) is 0.671. The van der Waals surface area contributed by atoms with Gasteiger partial charge in [-0.25, -0.2) is 0 Å². The third-order valence-electron chi connectivity index (χ3n) is 1.60. The minimum absolute atomic E-state index is 0. The molecule has 0 aliphatic carbocycles. The Morgan fingerprint density at radius 1 is 1.00 bits per heavy atom. The van der Waals surface area contributed by atoms with E-state index in [1.54, 1.807) is 13.3 Å². The van der Waals surface area contributed by atoms with Crippen LogP contribution in [-0.4, -0.2) is 25.2 Å². The van der Waals surface area contributed by atoms with E-state index in [1.165, 1.54) is 6.42 Å². The molecule has 0 heterocycles. The molecule has 0 spiro atoms. The largest absolute Gasteiger partial charge is 0.412 e. The zero-order valence-electron chi connectivity index (χ0n) is 6.83. The molecule has 0 aromatic heterocycles. The van der Waals surface area contributed by atoms with Crippen molar-refractivity contribution in [2.75, 3.05) is 0 Å². The van der Waals surface area contributed by atoms with Gasteiger partial charge in [0.25, 0.3) is 0 Å². The fraction of sp³-hybridized carbons (Fsp3) is 1.00. The van der Waals surface area contributed by atoms with Crippen molar-refractivity contribution in [3.8, 4) is 0 Å². The van der Waals surface area contributed by atoms with Gasteiger partial charge in [0.05, 0.1) is 0 Å². The molecule has 0 aromatic rings. The van der Waals surface area contributed by atoms with Crippen LogP contribution < -0.4 is 0 Å². The summed E-state index contributed by atoms with van der Waals surface area (Å²) in [4.78, 5) is 0. The van der Waals surface area contributed by atoms with Crippen LogP contribution in [0.4, 0.5) is 0 Å². The van der Waals surface area contributed by atoms with Crippen LogP contribution in [0.5, 0.6) is 0 Å². The topological polar surface area (TPSA) is 31.5 Å². The first kappa shape index (κ1) is 12.4. The molecule has 1 radical (unpaired) electrons. The molecule has 0 amide bonds. The Morgan fingerprint density at radius 2 is 1.44 bits per heavy atom. The molecular weight excluding hydrogens is 219 g/mol. The molecule has 0 saturated carbocycles. The average molecular weight is 238 g/mol.